The van der Waals surface area contributed by atoms with Gasteiger partial charge in [-0.3, -0.25) is 0 Å². The number of benzene rings is 1. The van der Waals surface area contributed by atoms with Gasteiger partial charge >= 0.3 is 12.9 Å². The SMILES string of the molecule is O=[N+](O)OP(=O)([O-])Oc1c[nH]c2ccc(Br)c(Cl)c12. The molecule has 0 aliphatic rings. The van der Waals surface area contributed by atoms with Crippen molar-refractivity contribution in [2.75, 3.05) is 0 Å². The molecule has 0 amide bonds. The molecule has 0 aliphatic carbocycles. The first-order valence-corrected chi connectivity index (χ1v) is 7.25. The molecule has 1 aromatic carbocycles. The molecule has 2 N–H and O–H groups in total. The lowest BCUT2D eigenvalue weighted by Gasteiger charge is -2.14. The molecule has 0 bridgehead atoms. The van der Waals surface area contributed by atoms with Crippen molar-refractivity contribution >= 4 is 46.3 Å². The lowest BCUT2D eigenvalue weighted by atomic mass is 10.2. The number of nitrogens with zero attached hydrogens (tertiary/aromatic N) is 1. The number of fused-ring (bicyclic) bond motifs is 1. The fraction of sp³-hybridized carbons (Fsp3) is 0. The number of H-pyrrole nitrogens is 1. The molecule has 0 saturated heterocycles. The van der Waals surface area contributed by atoms with E-state index in [1.54, 1.807) is 12.1 Å². The highest BCUT2D eigenvalue weighted by Gasteiger charge is 2.26. The zero-order valence-corrected chi connectivity index (χ0v) is 12.1. The van der Waals surface area contributed by atoms with Crippen LogP contribution < -0.4 is 9.42 Å². The Morgan fingerprint density at radius 1 is 1.53 bits per heavy atom. The van der Waals surface area contributed by atoms with E-state index in [4.69, 9.17) is 16.8 Å². The number of nitrogens with one attached hydrogen (secondary N) is 1. The molecule has 1 heterocycles. The molecule has 0 saturated carbocycles. The Hall–Kier alpha value is -1.28. The van der Waals surface area contributed by atoms with Crippen LogP contribution in [0.25, 0.3) is 10.9 Å². The largest absolute Gasteiger partial charge is 0.731 e. The van der Waals surface area contributed by atoms with Crippen molar-refractivity contribution in [1.82, 2.24) is 4.98 Å². The van der Waals surface area contributed by atoms with Crippen LogP contribution in [0.3, 0.4) is 0 Å². The van der Waals surface area contributed by atoms with E-state index >= 15 is 0 Å². The summed E-state index contributed by atoms with van der Waals surface area (Å²) in [7, 11) is -5.06. The summed E-state index contributed by atoms with van der Waals surface area (Å²) < 4.78 is 19.9. The van der Waals surface area contributed by atoms with E-state index in [0.29, 0.717) is 9.99 Å². The first-order valence-electron chi connectivity index (χ1n) is 4.62. The van der Waals surface area contributed by atoms with Crippen LogP contribution in [0.4, 0.5) is 0 Å². The topological polar surface area (TPSA) is 115 Å². The van der Waals surface area contributed by atoms with Crippen LogP contribution >= 0.6 is 35.4 Å². The lowest BCUT2D eigenvalue weighted by Crippen LogP contribution is -2.14. The second-order valence-electron chi connectivity index (χ2n) is 3.29. The molecule has 0 radical (unpaired) electrons. The Bertz CT molecular complexity index is 704. The summed E-state index contributed by atoms with van der Waals surface area (Å²) in [6.45, 7) is 0. The molecule has 2 rings (SSSR count). The van der Waals surface area contributed by atoms with Crippen molar-refractivity contribution in [3.05, 3.63) is 32.7 Å². The molecule has 11 heteroatoms. The van der Waals surface area contributed by atoms with Crippen LogP contribution in [0.1, 0.15) is 0 Å². The van der Waals surface area contributed by atoms with Crippen molar-refractivity contribution in [3.63, 3.8) is 0 Å². The molecule has 1 aromatic heterocycles. The van der Waals surface area contributed by atoms with Crippen LogP contribution in [0.5, 0.6) is 5.75 Å². The molecule has 0 fully saturated rings. The predicted octanol–water partition coefficient (Wildman–Crippen LogP) is 2.53. The van der Waals surface area contributed by atoms with E-state index in [0.717, 1.165) is 0 Å². The van der Waals surface area contributed by atoms with Gasteiger partial charge in [-0.1, -0.05) is 11.6 Å². The van der Waals surface area contributed by atoms with Gasteiger partial charge in [0.05, 0.1) is 15.9 Å². The van der Waals surface area contributed by atoms with E-state index in [-0.39, 0.29) is 16.2 Å². The third-order valence-electron chi connectivity index (χ3n) is 2.08. The molecule has 0 aliphatic heterocycles. The highest BCUT2D eigenvalue weighted by Crippen LogP contribution is 2.45. The first-order chi connectivity index (χ1) is 8.80. The number of phosphoric ester groups is 1. The smallest absolute Gasteiger partial charge is 0.483 e. The Kier molecular flexibility index (Phi) is 3.73. The fourth-order valence-electron chi connectivity index (χ4n) is 1.42. The first kappa shape index (κ1) is 14.1. The van der Waals surface area contributed by atoms with E-state index in [1.165, 1.54) is 6.20 Å². The van der Waals surface area contributed by atoms with Gasteiger partial charge in [-0.15, -0.1) is 4.62 Å². The zero-order chi connectivity index (χ0) is 14.2. The minimum absolute atomic E-state index is 0.165. The zero-order valence-electron chi connectivity index (χ0n) is 8.87. The average Bonchev–Trinajstić information content (AvgIpc) is 2.65. The monoisotopic (exact) mass is 370 g/mol. The number of rotatable bonds is 4. The van der Waals surface area contributed by atoms with Gasteiger partial charge in [-0.05, 0) is 28.1 Å². The Balaban J connectivity index is 2.44. The highest BCUT2D eigenvalue weighted by molar-refractivity contribution is 9.10. The summed E-state index contributed by atoms with van der Waals surface area (Å²) in [5.41, 5.74) is 0.520. The molecular formula is C8H5BrClN2O6P. The van der Waals surface area contributed by atoms with E-state index in [1.807, 2.05) is 0 Å². The molecule has 2 aromatic rings. The summed E-state index contributed by atoms with van der Waals surface area (Å²) in [5.74, 6) is -0.165. The van der Waals surface area contributed by atoms with Crippen molar-refractivity contribution in [2.45, 2.75) is 0 Å². The molecule has 1 atom stereocenters. The Morgan fingerprint density at radius 3 is 2.84 bits per heavy atom. The third-order valence-corrected chi connectivity index (χ3v) is 4.12. The van der Waals surface area contributed by atoms with Crippen molar-refractivity contribution in [1.29, 1.82) is 0 Å². The van der Waals surface area contributed by atoms with Crippen molar-refractivity contribution < 1.29 is 28.9 Å². The Morgan fingerprint density at radius 2 is 2.21 bits per heavy atom. The number of aromatic nitrogens is 1. The van der Waals surface area contributed by atoms with Gasteiger partial charge in [-0.25, -0.2) is 9.77 Å². The van der Waals surface area contributed by atoms with Gasteiger partial charge in [0, 0.05) is 10.7 Å². The molecule has 1 unspecified atom stereocenters. The van der Waals surface area contributed by atoms with E-state index in [2.05, 4.69) is 30.1 Å². The molecule has 8 nitrogen and oxygen atoms in total. The van der Waals surface area contributed by atoms with Crippen molar-refractivity contribution in [3.8, 4) is 5.75 Å². The van der Waals surface area contributed by atoms with Gasteiger partial charge in [0.1, 0.15) is 4.91 Å². The van der Waals surface area contributed by atoms with Gasteiger partial charge in [-0.2, -0.15) is 0 Å². The minimum atomic E-state index is -5.06. The van der Waals surface area contributed by atoms with Gasteiger partial charge in [0.2, 0.25) is 0 Å². The second-order valence-corrected chi connectivity index (χ2v) is 5.77. The molecular weight excluding hydrogens is 366 g/mol. The normalized spacial score (nSPS) is 14.1. The number of halogens is 2. The maximum atomic E-state index is 11.3. The number of hydrogen-bond donors (Lipinski definition) is 2. The Labute approximate surface area is 119 Å². The molecule has 0 spiro atoms. The predicted molar refractivity (Wildman–Crippen MR) is 65.7 cm³/mol. The quantitative estimate of drug-likeness (QED) is 0.630. The third kappa shape index (κ3) is 3.01. The van der Waals surface area contributed by atoms with Crippen LogP contribution in [0.15, 0.2) is 22.8 Å². The van der Waals surface area contributed by atoms with E-state index in [9.17, 15) is 14.4 Å². The summed E-state index contributed by atoms with van der Waals surface area (Å²) in [4.78, 5) is 24.1. The fourth-order valence-corrected chi connectivity index (χ4v) is 2.60. The number of aromatic amines is 1. The summed E-state index contributed by atoms with van der Waals surface area (Å²) in [6.07, 6.45) is 1.23. The van der Waals surface area contributed by atoms with Crippen LogP contribution in [-0.4, -0.2) is 15.3 Å². The second kappa shape index (κ2) is 5.01. The van der Waals surface area contributed by atoms with Gasteiger partial charge in [0.15, 0.2) is 5.75 Å². The van der Waals surface area contributed by atoms with Crippen LogP contribution in [0, 0.1) is 4.91 Å². The van der Waals surface area contributed by atoms with Gasteiger partial charge < -0.3 is 14.4 Å². The minimum Gasteiger partial charge on any atom is -0.731 e. The number of hydrogen-bond acceptors (Lipinski definition) is 5. The molecule has 102 valence electrons. The lowest BCUT2D eigenvalue weighted by molar-refractivity contribution is -0.952. The number of phosphoric acid groups is 1. The van der Waals surface area contributed by atoms with Crippen molar-refractivity contribution in [2.24, 2.45) is 0 Å². The summed E-state index contributed by atoms with van der Waals surface area (Å²) in [5, 5.41) is 7.47. The standard InChI is InChI=1S/C8H5BrClN2O6P/c9-4-1-2-5-7(8(4)10)6(3-11-5)17-19(15,16)18-12(13)14/h1-3,11H,(H-,13,14,15,16). The summed E-state index contributed by atoms with van der Waals surface area (Å²) in [6, 6.07) is 3.30. The highest BCUT2D eigenvalue weighted by atomic mass is 79.9. The summed E-state index contributed by atoms with van der Waals surface area (Å²) >= 11 is 9.18. The maximum absolute atomic E-state index is 11.3. The molecule has 19 heavy (non-hydrogen) atoms. The maximum Gasteiger partial charge on any atom is 0.483 e. The van der Waals surface area contributed by atoms with E-state index < -0.39 is 12.9 Å². The average molecular weight is 371 g/mol. The van der Waals surface area contributed by atoms with Gasteiger partial charge in [0.25, 0.3) is 0 Å². The van der Waals surface area contributed by atoms with Crippen LogP contribution in [0.2, 0.25) is 5.02 Å². The van der Waals surface area contributed by atoms with Crippen LogP contribution in [-0.2, 0) is 9.19 Å².